The van der Waals surface area contributed by atoms with Gasteiger partial charge in [-0.25, -0.2) is 8.42 Å². The zero-order valence-electron chi connectivity index (χ0n) is 8.63. The lowest BCUT2D eigenvalue weighted by molar-refractivity contribution is 0.126. The maximum atomic E-state index is 11.9. The molecule has 2 saturated heterocycles. The fourth-order valence-corrected chi connectivity index (χ4v) is 3.81. The lowest BCUT2D eigenvalue weighted by Gasteiger charge is -2.18. The molecular weight excluding hydrogens is 218 g/mol. The van der Waals surface area contributed by atoms with Crippen LogP contribution in [0.3, 0.4) is 0 Å². The van der Waals surface area contributed by atoms with E-state index < -0.39 is 16.1 Å². The molecule has 2 heterocycles. The maximum absolute atomic E-state index is 11.9. The second kappa shape index (κ2) is 4.37. The zero-order valence-corrected chi connectivity index (χ0v) is 9.45. The van der Waals surface area contributed by atoms with E-state index in [0.29, 0.717) is 19.6 Å². The van der Waals surface area contributed by atoms with Crippen LogP contribution in [0.4, 0.5) is 0 Å². The van der Waals surface area contributed by atoms with Crippen molar-refractivity contribution in [3.8, 4) is 0 Å². The molecular formula is C9H17NO4S. The molecule has 0 radical (unpaired) electrons. The van der Waals surface area contributed by atoms with Gasteiger partial charge < -0.3 is 9.84 Å². The Hall–Kier alpha value is -0.170. The van der Waals surface area contributed by atoms with Crippen LogP contribution in [0.2, 0.25) is 0 Å². The van der Waals surface area contributed by atoms with Crippen molar-refractivity contribution < 1.29 is 18.3 Å². The molecule has 15 heavy (non-hydrogen) atoms. The number of sulfonamides is 1. The van der Waals surface area contributed by atoms with Crippen LogP contribution in [0.1, 0.15) is 19.3 Å². The molecule has 0 aromatic heterocycles. The van der Waals surface area contributed by atoms with Gasteiger partial charge in [0.15, 0.2) is 0 Å². The Morgan fingerprint density at radius 3 is 2.73 bits per heavy atom. The molecule has 0 amide bonds. The van der Waals surface area contributed by atoms with E-state index in [2.05, 4.69) is 0 Å². The summed E-state index contributed by atoms with van der Waals surface area (Å²) in [4.78, 5) is 0. The van der Waals surface area contributed by atoms with Crippen LogP contribution >= 0.6 is 0 Å². The average Bonchev–Trinajstić information content (AvgIpc) is 2.75. The smallest absolute Gasteiger partial charge is 0.216 e. The highest BCUT2D eigenvalue weighted by molar-refractivity contribution is 7.89. The van der Waals surface area contributed by atoms with Gasteiger partial charge in [-0.2, -0.15) is 4.31 Å². The van der Waals surface area contributed by atoms with E-state index in [4.69, 9.17) is 4.74 Å². The van der Waals surface area contributed by atoms with E-state index in [1.54, 1.807) is 0 Å². The van der Waals surface area contributed by atoms with Crippen LogP contribution in [0.15, 0.2) is 0 Å². The van der Waals surface area contributed by atoms with Crippen LogP contribution in [0.25, 0.3) is 0 Å². The summed E-state index contributed by atoms with van der Waals surface area (Å²) in [5.41, 5.74) is 0. The quantitative estimate of drug-likeness (QED) is 0.720. The number of hydrogen-bond acceptors (Lipinski definition) is 4. The minimum Gasteiger partial charge on any atom is -0.392 e. The van der Waals surface area contributed by atoms with E-state index in [9.17, 15) is 13.5 Å². The van der Waals surface area contributed by atoms with Gasteiger partial charge in [-0.3, -0.25) is 0 Å². The molecule has 6 heteroatoms. The molecule has 2 atom stereocenters. The van der Waals surface area contributed by atoms with Crippen molar-refractivity contribution in [2.75, 3.05) is 25.4 Å². The average molecular weight is 235 g/mol. The van der Waals surface area contributed by atoms with Gasteiger partial charge in [-0.1, -0.05) is 0 Å². The molecule has 0 aromatic rings. The summed E-state index contributed by atoms with van der Waals surface area (Å²) in [6.07, 6.45) is 1.68. The third-order valence-corrected chi connectivity index (χ3v) is 4.85. The number of aliphatic hydroxyl groups is 1. The van der Waals surface area contributed by atoms with E-state index in [1.165, 1.54) is 4.31 Å². The SMILES string of the molecule is O=S(=O)(CC1CCCO1)N1CCC(O)C1. The van der Waals surface area contributed by atoms with Crippen LogP contribution in [-0.2, 0) is 14.8 Å². The molecule has 2 unspecified atom stereocenters. The molecule has 0 saturated carbocycles. The Bertz CT molecular complexity index is 310. The summed E-state index contributed by atoms with van der Waals surface area (Å²) in [6, 6.07) is 0. The van der Waals surface area contributed by atoms with E-state index >= 15 is 0 Å². The van der Waals surface area contributed by atoms with E-state index in [1.807, 2.05) is 0 Å². The monoisotopic (exact) mass is 235 g/mol. The third kappa shape index (κ3) is 2.69. The lowest BCUT2D eigenvalue weighted by atomic mass is 10.3. The molecule has 0 spiro atoms. The second-order valence-corrected chi connectivity index (χ2v) is 6.23. The normalized spacial score (nSPS) is 33.7. The fourth-order valence-electron chi connectivity index (χ4n) is 2.08. The molecule has 0 bridgehead atoms. The van der Waals surface area contributed by atoms with Gasteiger partial charge in [0.1, 0.15) is 0 Å². The van der Waals surface area contributed by atoms with Gasteiger partial charge in [-0.15, -0.1) is 0 Å². The van der Waals surface area contributed by atoms with Crippen molar-refractivity contribution >= 4 is 10.0 Å². The van der Waals surface area contributed by atoms with Crippen molar-refractivity contribution in [2.45, 2.75) is 31.5 Å². The Morgan fingerprint density at radius 2 is 2.20 bits per heavy atom. The van der Waals surface area contributed by atoms with Crippen molar-refractivity contribution in [3.63, 3.8) is 0 Å². The first-order chi connectivity index (χ1) is 7.08. The highest BCUT2D eigenvalue weighted by Gasteiger charge is 2.33. The minimum atomic E-state index is -3.23. The van der Waals surface area contributed by atoms with Crippen molar-refractivity contribution in [2.24, 2.45) is 0 Å². The van der Waals surface area contributed by atoms with Crippen LogP contribution in [-0.4, -0.2) is 55.5 Å². The first-order valence-corrected chi connectivity index (χ1v) is 6.96. The molecule has 5 nitrogen and oxygen atoms in total. The minimum absolute atomic E-state index is 0.0692. The topological polar surface area (TPSA) is 66.8 Å². The first kappa shape index (κ1) is 11.3. The Balaban J connectivity index is 1.94. The maximum Gasteiger partial charge on any atom is 0.216 e. The number of rotatable bonds is 3. The summed E-state index contributed by atoms with van der Waals surface area (Å²) >= 11 is 0. The summed E-state index contributed by atoms with van der Waals surface area (Å²) in [5.74, 6) is 0.0692. The van der Waals surface area contributed by atoms with Crippen molar-refractivity contribution in [1.82, 2.24) is 4.31 Å². The molecule has 2 fully saturated rings. The number of aliphatic hydroxyl groups excluding tert-OH is 1. The summed E-state index contributed by atoms with van der Waals surface area (Å²) < 4.78 is 30.4. The molecule has 0 aromatic carbocycles. The predicted octanol–water partition coefficient (Wildman–Crippen LogP) is -0.438. The molecule has 2 aliphatic heterocycles. The van der Waals surface area contributed by atoms with Gasteiger partial charge in [0.05, 0.1) is 18.0 Å². The Kier molecular flexibility index (Phi) is 3.30. The molecule has 0 aliphatic carbocycles. The highest BCUT2D eigenvalue weighted by atomic mass is 32.2. The van der Waals surface area contributed by atoms with Crippen molar-refractivity contribution in [3.05, 3.63) is 0 Å². The number of nitrogens with zero attached hydrogens (tertiary/aromatic N) is 1. The van der Waals surface area contributed by atoms with Crippen LogP contribution in [0, 0.1) is 0 Å². The standard InChI is InChI=1S/C9H17NO4S/c11-8-3-4-10(6-8)15(12,13)7-9-2-1-5-14-9/h8-9,11H,1-7H2. The zero-order chi connectivity index (χ0) is 10.9. The van der Waals surface area contributed by atoms with Crippen molar-refractivity contribution in [1.29, 1.82) is 0 Å². The third-order valence-electron chi connectivity index (χ3n) is 2.94. The predicted molar refractivity (Wildman–Crippen MR) is 55.0 cm³/mol. The van der Waals surface area contributed by atoms with Gasteiger partial charge in [0.25, 0.3) is 0 Å². The molecule has 1 N–H and O–H groups in total. The van der Waals surface area contributed by atoms with E-state index in [0.717, 1.165) is 12.8 Å². The number of ether oxygens (including phenoxy) is 1. The van der Waals surface area contributed by atoms with Crippen LogP contribution < -0.4 is 0 Å². The molecule has 2 rings (SSSR count). The van der Waals surface area contributed by atoms with E-state index in [-0.39, 0.29) is 18.4 Å². The highest BCUT2D eigenvalue weighted by Crippen LogP contribution is 2.19. The molecule has 2 aliphatic rings. The summed E-state index contributed by atoms with van der Waals surface area (Å²) in [7, 11) is -3.23. The summed E-state index contributed by atoms with van der Waals surface area (Å²) in [5, 5.41) is 9.29. The Morgan fingerprint density at radius 1 is 1.40 bits per heavy atom. The largest absolute Gasteiger partial charge is 0.392 e. The lowest BCUT2D eigenvalue weighted by Crippen LogP contribution is -2.35. The second-order valence-electron chi connectivity index (χ2n) is 4.21. The molecule has 88 valence electrons. The summed E-state index contributed by atoms with van der Waals surface area (Å²) in [6.45, 7) is 1.36. The van der Waals surface area contributed by atoms with Gasteiger partial charge in [-0.05, 0) is 19.3 Å². The van der Waals surface area contributed by atoms with Gasteiger partial charge >= 0.3 is 0 Å². The number of hydrogen-bond donors (Lipinski definition) is 1. The Labute approximate surface area is 90.1 Å². The van der Waals surface area contributed by atoms with Crippen LogP contribution in [0.5, 0.6) is 0 Å². The van der Waals surface area contributed by atoms with Gasteiger partial charge in [0.2, 0.25) is 10.0 Å². The first-order valence-electron chi connectivity index (χ1n) is 5.35. The fraction of sp³-hybridized carbons (Fsp3) is 1.00. The van der Waals surface area contributed by atoms with Gasteiger partial charge in [0, 0.05) is 19.7 Å². The number of β-amino-alcohol motifs (C(OH)–C–C–N with tert-alkyl or cyclic N) is 1.